The third kappa shape index (κ3) is 7.65. The second kappa shape index (κ2) is 8.38. The molecule has 0 aliphatic heterocycles. The second-order valence-corrected chi connectivity index (χ2v) is 6.63. The Kier molecular flexibility index (Phi) is 7.15. The molecule has 0 bridgehead atoms. The van der Waals surface area contributed by atoms with Crippen molar-refractivity contribution < 1.29 is 21.6 Å². The van der Waals surface area contributed by atoms with Crippen molar-refractivity contribution in [2.45, 2.75) is 49.6 Å². The number of benzene rings is 1. The van der Waals surface area contributed by atoms with E-state index < -0.39 is 22.6 Å². The van der Waals surface area contributed by atoms with Crippen LogP contribution in [0, 0.1) is 0 Å². The molecule has 0 aliphatic carbocycles. The number of unbranched alkanes of at least 4 members (excludes halogenated alkanes) is 4. The molecule has 0 aliphatic rings. The molecule has 0 heterocycles. The fourth-order valence-electron chi connectivity index (χ4n) is 2.06. The highest BCUT2D eigenvalue weighted by Gasteiger charge is 2.25. The summed E-state index contributed by atoms with van der Waals surface area (Å²) >= 11 is 0. The van der Waals surface area contributed by atoms with Gasteiger partial charge in [0.2, 0.25) is 10.0 Å². The predicted octanol–water partition coefficient (Wildman–Crippen LogP) is 3.65. The molecule has 8 heteroatoms. The molecule has 0 saturated heterocycles. The van der Waals surface area contributed by atoms with Gasteiger partial charge in [-0.25, -0.2) is 13.6 Å². The highest BCUT2D eigenvalue weighted by atomic mass is 32.2. The molecule has 126 valence electrons. The van der Waals surface area contributed by atoms with Crippen molar-refractivity contribution in [3.05, 3.63) is 24.3 Å². The van der Waals surface area contributed by atoms with Gasteiger partial charge in [0.05, 0.1) is 5.69 Å². The lowest BCUT2D eigenvalue weighted by Gasteiger charge is -2.10. The van der Waals surface area contributed by atoms with Crippen LogP contribution in [0.1, 0.15) is 38.5 Å². The molecule has 0 fully saturated rings. The van der Waals surface area contributed by atoms with Gasteiger partial charge in [-0.15, -0.1) is 0 Å². The number of hydrogen-bond donors (Lipinski definition) is 2. The molecule has 4 nitrogen and oxygen atoms in total. The quantitative estimate of drug-likeness (QED) is 0.675. The van der Waals surface area contributed by atoms with Gasteiger partial charge in [-0.2, -0.15) is 13.2 Å². The Morgan fingerprint density at radius 1 is 1.00 bits per heavy atom. The zero-order valence-electron chi connectivity index (χ0n) is 12.2. The Bertz CT molecular complexity index is 559. The summed E-state index contributed by atoms with van der Waals surface area (Å²) in [6.07, 6.45) is -1.81. The average molecular weight is 338 g/mol. The second-order valence-electron chi connectivity index (χ2n) is 5.10. The Hall–Kier alpha value is -1.28. The summed E-state index contributed by atoms with van der Waals surface area (Å²) in [6, 6.07) is 6.34. The summed E-state index contributed by atoms with van der Waals surface area (Å²) in [4.78, 5) is 0.0418. The van der Waals surface area contributed by atoms with E-state index >= 15 is 0 Å². The zero-order chi connectivity index (χ0) is 16.6. The lowest BCUT2D eigenvalue weighted by molar-refractivity contribution is -0.135. The van der Waals surface area contributed by atoms with Crippen molar-refractivity contribution in [1.29, 1.82) is 0 Å². The van der Waals surface area contributed by atoms with Crippen LogP contribution in [0.5, 0.6) is 0 Å². The highest BCUT2D eigenvalue weighted by molar-refractivity contribution is 7.89. The summed E-state index contributed by atoms with van der Waals surface area (Å²) in [5, 5.41) is 8.11. The van der Waals surface area contributed by atoms with Crippen LogP contribution < -0.4 is 10.5 Å². The van der Waals surface area contributed by atoms with Gasteiger partial charge in [0.25, 0.3) is 0 Å². The third-order valence-corrected chi connectivity index (χ3v) is 4.12. The Balaban J connectivity index is 2.24. The van der Waals surface area contributed by atoms with Crippen molar-refractivity contribution in [2.75, 3.05) is 11.9 Å². The standard InChI is InChI=1S/C14H21F3N2O2S/c15-14(16,17)10-6-2-1-3-7-11-19-12-8-4-5-9-13(12)22(18,20)21/h4-5,8-9,19H,1-3,6-7,10-11H2,(H2,18,20,21). The first-order chi connectivity index (χ1) is 10.2. The van der Waals surface area contributed by atoms with Crippen LogP contribution in [-0.4, -0.2) is 21.1 Å². The average Bonchev–Trinajstić information content (AvgIpc) is 2.40. The molecule has 3 N–H and O–H groups in total. The van der Waals surface area contributed by atoms with Gasteiger partial charge in [0.1, 0.15) is 4.90 Å². The smallest absolute Gasteiger partial charge is 0.384 e. The fraction of sp³-hybridized carbons (Fsp3) is 0.571. The maximum absolute atomic E-state index is 11.9. The predicted molar refractivity (Wildman–Crippen MR) is 80.1 cm³/mol. The topological polar surface area (TPSA) is 72.2 Å². The number of nitrogens with two attached hydrogens (primary N) is 1. The van der Waals surface area contributed by atoms with Gasteiger partial charge in [-0.3, -0.25) is 0 Å². The zero-order valence-corrected chi connectivity index (χ0v) is 13.0. The van der Waals surface area contributed by atoms with Crippen molar-refractivity contribution in [2.24, 2.45) is 5.14 Å². The summed E-state index contributed by atoms with van der Waals surface area (Å²) < 4.78 is 58.6. The monoisotopic (exact) mass is 338 g/mol. The van der Waals surface area contributed by atoms with Crippen LogP contribution in [0.15, 0.2) is 29.2 Å². The molecular formula is C14H21F3N2O2S. The van der Waals surface area contributed by atoms with Crippen LogP contribution in [0.2, 0.25) is 0 Å². The van der Waals surface area contributed by atoms with Crippen molar-refractivity contribution in [3.63, 3.8) is 0 Å². The first-order valence-corrected chi connectivity index (χ1v) is 8.67. The van der Waals surface area contributed by atoms with E-state index in [2.05, 4.69) is 5.32 Å². The molecule has 22 heavy (non-hydrogen) atoms. The number of primary sulfonamides is 1. The van der Waals surface area contributed by atoms with Crippen molar-refractivity contribution >= 4 is 15.7 Å². The number of alkyl halides is 3. The molecule has 0 radical (unpaired) electrons. The van der Waals surface area contributed by atoms with Crippen molar-refractivity contribution in [1.82, 2.24) is 0 Å². The van der Waals surface area contributed by atoms with E-state index in [0.717, 1.165) is 19.3 Å². The normalized spacial score (nSPS) is 12.4. The Labute approximate surface area is 128 Å². The minimum atomic E-state index is -4.07. The largest absolute Gasteiger partial charge is 0.389 e. The first kappa shape index (κ1) is 18.8. The molecule has 0 aromatic heterocycles. The maximum atomic E-state index is 11.9. The van der Waals surface area contributed by atoms with Gasteiger partial charge in [-0.05, 0) is 25.0 Å². The maximum Gasteiger partial charge on any atom is 0.389 e. The van der Waals surface area contributed by atoms with E-state index in [0.29, 0.717) is 18.7 Å². The molecule has 1 rings (SSSR count). The fourth-order valence-corrected chi connectivity index (χ4v) is 2.78. The van der Waals surface area contributed by atoms with Crippen LogP contribution in [0.25, 0.3) is 0 Å². The SMILES string of the molecule is NS(=O)(=O)c1ccccc1NCCCCCCCC(F)(F)F. The van der Waals surface area contributed by atoms with E-state index in [1.165, 1.54) is 6.07 Å². The van der Waals surface area contributed by atoms with Crippen LogP contribution in [-0.2, 0) is 10.0 Å². The molecule has 1 aromatic rings. The summed E-state index contributed by atoms with van der Waals surface area (Å²) in [5.74, 6) is 0. The highest BCUT2D eigenvalue weighted by Crippen LogP contribution is 2.23. The molecular weight excluding hydrogens is 317 g/mol. The molecule has 1 aromatic carbocycles. The minimum absolute atomic E-state index is 0.0418. The van der Waals surface area contributed by atoms with Crippen LogP contribution in [0.4, 0.5) is 18.9 Å². The van der Waals surface area contributed by atoms with E-state index in [4.69, 9.17) is 5.14 Å². The summed E-state index contributed by atoms with van der Waals surface area (Å²) in [6.45, 7) is 0.547. The number of anilines is 1. The van der Waals surface area contributed by atoms with Gasteiger partial charge in [0.15, 0.2) is 0 Å². The number of hydrogen-bond acceptors (Lipinski definition) is 3. The number of halogens is 3. The van der Waals surface area contributed by atoms with E-state index in [1.54, 1.807) is 18.2 Å². The summed E-state index contributed by atoms with van der Waals surface area (Å²) in [7, 11) is -3.77. The van der Waals surface area contributed by atoms with Gasteiger partial charge in [-0.1, -0.05) is 31.4 Å². The first-order valence-electron chi connectivity index (χ1n) is 7.12. The number of para-hydroxylation sites is 1. The number of sulfonamides is 1. The van der Waals surface area contributed by atoms with Crippen molar-refractivity contribution in [3.8, 4) is 0 Å². The lowest BCUT2D eigenvalue weighted by Crippen LogP contribution is -2.15. The lowest BCUT2D eigenvalue weighted by atomic mass is 10.1. The van der Waals surface area contributed by atoms with Gasteiger partial charge in [0, 0.05) is 13.0 Å². The molecule has 0 spiro atoms. The molecule has 0 amide bonds. The Morgan fingerprint density at radius 2 is 1.59 bits per heavy atom. The van der Waals surface area contributed by atoms with E-state index in [-0.39, 0.29) is 11.3 Å². The van der Waals surface area contributed by atoms with Crippen LogP contribution in [0.3, 0.4) is 0 Å². The molecule has 0 saturated carbocycles. The Morgan fingerprint density at radius 3 is 2.23 bits per heavy atom. The molecule has 0 atom stereocenters. The molecule has 0 unspecified atom stereocenters. The third-order valence-electron chi connectivity index (χ3n) is 3.15. The number of nitrogens with one attached hydrogen (secondary N) is 1. The number of rotatable bonds is 9. The van der Waals surface area contributed by atoms with Gasteiger partial charge >= 0.3 is 6.18 Å². The minimum Gasteiger partial charge on any atom is -0.384 e. The van der Waals surface area contributed by atoms with E-state index in [1.807, 2.05) is 0 Å². The van der Waals surface area contributed by atoms with E-state index in [9.17, 15) is 21.6 Å². The van der Waals surface area contributed by atoms with Gasteiger partial charge < -0.3 is 5.32 Å². The van der Waals surface area contributed by atoms with Crippen LogP contribution >= 0.6 is 0 Å². The summed E-state index contributed by atoms with van der Waals surface area (Å²) in [5.41, 5.74) is 0.446.